The average Bonchev–Trinajstić information content (AvgIpc) is 2.48. The van der Waals surface area contributed by atoms with Gasteiger partial charge in [-0.3, -0.25) is 19.8 Å². The van der Waals surface area contributed by atoms with Gasteiger partial charge >= 0.3 is 6.36 Å². The van der Waals surface area contributed by atoms with E-state index in [2.05, 4.69) is 16.6 Å². The first-order valence-corrected chi connectivity index (χ1v) is 6.97. The van der Waals surface area contributed by atoms with Crippen LogP contribution in [0, 0.1) is 0 Å². The molecule has 1 saturated heterocycles. The van der Waals surface area contributed by atoms with Gasteiger partial charge < -0.3 is 4.74 Å². The highest BCUT2D eigenvalue weighted by molar-refractivity contribution is 7.80. The van der Waals surface area contributed by atoms with E-state index in [1.54, 1.807) is 0 Å². The van der Waals surface area contributed by atoms with Gasteiger partial charge in [-0.1, -0.05) is 18.2 Å². The second-order valence-electron chi connectivity index (χ2n) is 4.64. The van der Waals surface area contributed by atoms with Crippen molar-refractivity contribution in [2.75, 3.05) is 6.54 Å². The van der Waals surface area contributed by atoms with Crippen LogP contribution in [0.15, 0.2) is 42.5 Å². The molecule has 1 aromatic rings. The Morgan fingerprint density at radius 2 is 1.88 bits per heavy atom. The maximum Gasteiger partial charge on any atom is 0.573 e. The van der Waals surface area contributed by atoms with Gasteiger partial charge in [0.05, 0.1) is 0 Å². The minimum Gasteiger partial charge on any atom is -0.406 e. The lowest BCUT2D eigenvalue weighted by atomic mass is 10.1. The van der Waals surface area contributed by atoms with Crippen molar-refractivity contribution >= 4 is 35.2 Å². The summed E-state index contributed by atoms with van der Waals surface area (Å²) in [5.74, 6) is -1.70. The number of rotatable bonds is 4. The van der Waals surface area contributed by atoms with E-state index in [1.807, 2.05) is 0 Å². The van der Waals surface area contributed by atoms with E-state index in [4.69, 9.17) is 12.2 Å². The quantitative estimate of drug-likeness (QED) is 0.390. The maximum absolute atomic E-state index is 12.3. The van der Waals surface area contributed by atoms with E-state index >= 15 is 0 Å². The second kappa shape index (κ2) is 6.83. The van der Waals surface area contributed by atoms with Gasteiger partial charge in [0.1, 0.15) is 11.3 Å². The highest BCUT2D eigenvalue weighted by atomic mass is 32.1. The monoisotopic (exact) mass is 356 g/mol. The Kier molecular flexibility index (Phi) is 5.03. The second-order valence-corrected chi connectivity index (χ2v) is 5.03. The van der Waals surface area contributed by atoms with Crippen LogP contribution in [0.4, 0.5) is 13.2 Å². The zero-order chi connectivity index (χ0) is 17.9. The number of thiocarbonyl (C=S) groups is 1. The molecule has 1 fully saturated rings. The van der Waals surface area contributed by atoms with Crippen LogP contribution in [0.25, 0.3) is 6.08 Å². The van der Waals surface area contributed by atoms with Crippen molar-refractivity contribution in [3.63, 3.8) is 0 Å². The first-order valence-electron chi connectivity index (χ1n) is 6.57. The van der Waals surface area contributed by atoms with Crippen LogP contribution in [0.2, 0.25) is 0 Å². The average molecular weight is 356 g/mol. The van der Waals surface area contributed by atoms with Crippen molar-refractivity contribution in [2.45, 2.75) is 6.36 Å². The fraction of sp³-hybridized carbons (Fsp3) is 0.133. The summed E-state index contributed by atoms with van der Waals surface area (Å²) in [6, 6.07) is 4.74. The summed E-state index contributed by atoms with van der Waals surface area (Å²) in [7, 11) is 0. The number of hydrogen-bond acceptors (Lipinski definition) is 4. The van der Waals surface area contributed by atoms with Crippen molar-refractivity contribution in [1.29, 1.82) is 0 Å². The lowest BCUT2D eigenvalue weighted by Crippen LogP contribution is -2.53. The minimum absolute atomic E-state index is 0.0315. The minimum atomic E-state index is -4.79. The van der Waals surface area contributed by atoms with Gasteiger partial charge in [-0.2, -0.15) is 0 Å². The third-order valence-electron chi connectivity index (χ3n) is 2.92. The fourth-order valence-corrected chi connectivity index (χ4v) is 2.17. The third-order valence-corrected chi connectivity index (χ3v) is 3.24. The molecule has 0 spiro atoms. The molecule has 1 aromatic carbocycles. The lowest BCUT2D eigenvalue weighted by Gasteiger charge is -2.27. The molecule has 2 rings (SSSR count). The zero-order valence-electron chi connectivity index (χ0n) is 12.1. The van der Waals surface area contributed by atoms with E-state index in [0.717, 1.165) is 17.0 Å². The summed E-state index contributed by atoms with van der Waals surface area (Å²) in [5, 5.41) is 2.33. The molecule has 1 N–H and O–H groups in total. The third kappa shape index (κ3) is 4.19. The molecule has 2 amide bonds. The van der Waals surface area contributed by atoms with Crippen molar-refractivity contribution in [1.82, 2.24) is 10.2 Å². The first kappa shape index (κ1) is 17.7. The largest absolute Gasteiger partial charge is 0.573 e. The van der Waals surface area contributed by atoms with Crippen LogP contribution in [0.1, 0.15) is 5.56 Å². The van der Waals surface area contributed by atoms with Crippen LogP contribution in [-0.2, 0) is 9.59 Å². The molecule has 0 bridgehead atoms. The molecule has 1 aliphatic rings. The Bertz CT molecular complexity index is 726. The summed E-state index contributed by atoms with van der Waals surface area (Å²) in [5.41, 5.74) is 0.171. The topological polar surface area (TPSA) is 58.6 Å². The number of hydrogen-bond donors (Lipinski definition) is 1. The molecule has 9 heteroatoms. The summed E-state index contributed by atoms with van der Waals surface area (Å²) in [4.78, 5) is 25.3. The maximum atomic E-state index is 12.3. The van der Waals surface area contributed by atoms with Gasteiger partial charge in [0.25, 0.3) is 11.8 Å². The van der Waals surface area contributed by atoms with E-state index in [0.29, 0.717) is 5.56 Å². The molecule has 1 aliphatic heterocycles. The van der Waals surface area contributed by atoms with E-state index in [-0.39, 0.29) is 17.2 Å². The van der Waals surface area contributed by atoms with Crippen molar-refractivity contribution < 1.29 is 27.5 Å². The predicted octanol–water partition coefficient (Wildman–Crippen LogP) is 2.40. The van der Waals surface area contributed by atoms with Crippen LogP contribution in [-0.4, -0.2) is 34.7 Å². The van der Waals surface area contributed by atoms with Crippen LogP contribution < -0.4 is 10.1 Å². The van der Waals surface area contributed by atoms with Gasteiger partial charge in [-0.15, -0.1) is 19.8 Å². The SMILES string of the molecule is C=CCN1C(=O)C(=Cc2ccc(OC(F)(F)F)cc2)C(=O)NC1=S. The molecule has 5 nitrogen and oxygen atoms in total. The molecular weight excluding hydrogens is 345 g/mol. The number of nitrogens with one attached hydrogen (secondary N) is 1. The Morgan fingerprint density at radius 3 is 2.42 bits per heavy atom. The molecule has 0 aliphatic carbocycles. The van der Waals surface area contributed by atoms with Gasteiger partial charge in [-0.05, 0) is 36.0 Å². The molecule has 0 aromatic heterocycles. The smallest absolute Gasteiger partial charge is 0.406 e. The number of ether oxygens (including phenoxy) is 1. The van der Waals surface area contributed by atoms with Gasteiger partial charge in [0, 0.05) is 6.54 Å². The van der Waals surface area contributed by atoms with Crippen molar-refractivity contribution in [2.24, 2.45) is 0 Å². The highest BCUT2D eigenvalue weighted by Crippen LogP contribution is 2.23. The van der Waals surface area contributed by atoms with Crippen LogP contribution >= 0.6 is 12.2 Å². The van der Waals surface area contributed by atoms with Gasteiger partial charge in [-0.25, -0.2) is 0 Å². The van der Waals surface area contributed by atoms with E-state index in [1.165, 1.54) is 24.3 Å². The van der Waals surface area contributed by atoms with Gasteiger partial charge in [0.15, 0.2) is 5.11 Å². The molecule has 1 heterocycles. The molecular formula is C15H11F3N2O3S. The summed E-state index contributed by atoms with van der Waals surface area (Å²) >= 11 is 4.91. The number of benzene rings is 1. The number of amides is 2. The molecule has 0 atom stereocenters. The molecule has 0 saturated carbocycles. The summed E-state index contributed by atoms with van der Waals surface area (Å²) < 4.78 is 40.1. The lowest BCUT2D eigenvalue weighted by molar-refractivity contribution is -0.274. The summed E-state index contributed by atoms with van der Waals surface area (Å²) in [6.07, 6.45) is -2.09. The molecule has 126 valence electrons. The Balaban J connectivity index is 2.25. The van der Waals surface area contributed by atoms with Crippen LogP contribution in [0.5, 0.6) is 5.75 Å². The number of carbonyl (C=O) groups is 2. The Morgan fingerprint density at radius 1 is 1.25 bits per heavy atom. The van der Waals surface area contributed by atoms with E-state index in [9.17, 15) is 22.8 Å². The molecule has 0 unspecified atom stereocenters. The van der Waals surface area contributed by atoms with E-state index < -0.39 is 23.9 Å². The van der Waals surface area contributed by atoms with Crippen molar-refractivity contribution in [3.8, 4) is 5.75 Å². The first-order chi connectivity index (χ1) is 11.2. The molecule has 24 heavy (non-hydrogen) atoms. The fourth-order valence-electron chi connectivity index (χ4n) is 1.92. The number of nitrogens with zero attached hydrogens (tertiary/aromatic N) is 1. The van der Waals surface area contributed by atoms with Gasteiger partial charge in [0.2, 0.25) is 0 Å². The normalized spacial score (nSPS) is 17.0. The number of carbonyl (C=O) groups excluding carboxylic acids is 2. The predicted molar refractivity (Wildman–Crippen MR) is 83.8 cm³/mol. The zero-order valence-corrected chi connectivity index (χ0v) is 12.9. The highest BCUT2D eigenvalue weighted by Gasteiger charge is 2.33. The standard InChI is InChI=1S/C15H11F3N2O3S/c1-2-7-20-13(22)11(12(21)19-14(20)24)8-9-3-5-10(6-4-9)23-15(16,17)18/h2-6,8H,1,7H2,(H,19,21,24). The Labute approximate surface area is 140 Å². The Hall–Kier alpha value is -2.68. The number of alkyl halides is 3. The number of halogens is 3. The molecule has 0 radical (unpaired) electrons. The van der Waals surface area contributed by atoms with Crippen molar-refractivity contribution in [3.05, 3.63) is 48.1 Å². The van der Waals surface area contributed by atoms with Crippen LogP contribution in [0.3, 0.4) is 0 Å². The summed E-state index contributed by atoms with van der Waals surface area (Å²) in [6.45, 7) is 3.62.